The third kappa shape index (κ3) is 6.34. The van der Waals surface area contributed by atoms with Crippen molar-refractivity contribution in [3.63, 3.8) is 0 Å². The highest BCUT2D eigenvalue weighted by Gasteiger charge is 2.40. The number of amides is 1. The van der Waals surface area contributed by atoms with Crippen LogP contribution in [0, 0.1) is 0 Å². The summed E-state index contributed by atoms with van der Waals surface area (Å²) < 4.78 is 0. The number of aliphatic carboxylic acids is 1. The fourth-order valence-electron chi connectivity index (χ4n) is 3.08. The van der Waals surface area contributed by atoms with Gasteiger partial charge < -0.3 is 15.1 Å². The van der Waals surface area contributed by atoms with Crippen molar-refractivity contribution in [3.05, 3.63) is 0 Å². The summed E-state index contributed by atoms with van der Waals surface area (Å²) in [7, 11) is 0. The van der Waals surface area contributed by atoms with E-state index < -0.39 is 18.1 Å². The Morgan fingerprint density at radius 1 is 1.00 bits per heavy atom. The minimum absolute atomic E-state index is 0.133. The summed E-state index contributed by atoms with van der Waals surface area (Å²) in [6.07, 6.45) is 10.5. The lowest BCUT2D eigenvalue weighted by Crippen LogP contribution is -2.44. The third-order valence-electron chi connectivity index (χ3n) is 4.43. The van der Waals surface area contributed by atoms with Crippen LogP contribution in [-0.4, -0.2) is 45.7 Å². The first-order valence-electron chi connectivity index (χ1n) is 8.78. The number of hydrogen-bond donors (Lipinski definition) is 2. The molecule has 0 aliphatic carbocycles. The SMILES string of the molecule is CCCCCCCCCCCC(=O)N1CCC(O)[C@H]1C(=O)O. The quantitative estimate of drug-likeness (QED) is 0.575. The van der Waals surface area contributed by atoms with Crippen LogP contribution in [0.5, 0.6) is 0 Å². The van der Waals surface area contributed by atoms with Crippen LogP contribution in [0.3, 0.4) is 0 Å². The molecule has 1 amide bonds. The lowest BCUT2D eigenvalue weighted by atomic mass is 10.1. The third-order valence-corrected chi connectivity index (χ3v) is 4.43. The number of likely N-dealkylation sites (tertiary alicyclic amines) is 1. The van der Waals surface area contributed by atoms with Gasteiger partial charge in [-0.15, -0.1) is 0 Å². The fraction of sp³-hybridized carbons (Fsp3) is 0.882. The maximum atomic E-state index is 12.1. The number of carboxylic acid groups (broad SMARTS) is 1. The van der Waals surface area contributed by atoms with E-state index in [0.717, 1.165) is 19.3 Å². The van der Waals surface area contributed by atoms with Gasteiger partial charge in [-0.1, -0.05) is 58.3 Å². The molecule has 0 saturated carbocycles. The smallest absolute Gasteiger partial charge is 0.329 e. The van der Waals surface area contributed by atoms with Gasteiger partial charge in [-0.25, -0.2) is 4.79 Å². The number of unbranched alkanes of at least 4 members (excludes halogenated alkanes) is 8. The van der Waals surface area contributed by atoms with Crippen molar-refractivity contribution in [3.8, 4) is 0 Å². The van der Waals surface area contributed by atoms with Crippen LogP contribution in [-0.2, 0) is 9.59 Å². The Balaban J connectivity index is 2.10. The maximum absolute atomic E-state index is 12.1. The Morgan fingerprint density at radius 2 is 1.55 bits per heavy atom. The Labute approximate surface area is 133 Å². The Morgan fingerprint density at radius 3 is 2.09 bits per heavy atom. The van der Waals surface area contributed by atoms with Crippen LogP contribution in [0.15, 0.2) is 0 Å². The molecule has 1 unspecified atom stereocenters. The highest BCUT2D eigenvalue weighted by atomic mass is 16.4. The molecule has 22 heavy (non-hydrogen) atoms. The molecule has 0 radical (unpaired) electrons. The van der Waals surface area contributed by atoms with Gasteiger partial charge in [0.25, 0.3) is 0 Å². The number of nitrogens with zero attached hydrogens (tertiary/aromatic N) is 1. The normalized spacial score (nSPS) is 21.3. The van der Waals surface area contributed by atoms with Crippen LogP contribution in [0.2, 0.25) is 0 Å². The molecule has 128 valence electrons. The van der Waals surface area contributed by atoms with Gasteiger partial charge in [-0.05, 0) is 12.8 Å². The molecule has 1 heterocycles. The summed E-state index contributed by atoms with van der Waals surface area (Å²) in [5.41, 5.74) is 0. The van der Waals surface area contributed by atoms with Gasteiger partial charge in [0.1, 0.15) is 0 Å². The number of rotatable bonds is 11. The molecule has 5 heteroatoms. The number of carboxylic acids is 1. The Kier molecular flexibility index (Phi) is 9.13. The predicted octanol–water partition coefficient (Wildman–Crippen LogP) is 2.95. The summed E-state index contributed by atoms with van der Waals surface area (Å²) in [6.45, 7) is 2.57. The minimum Gasteiger partial charge on any atom is -0.480 e. The Bertz CT molecular complexity index is 346. The van der Waals surface area contributed by atoms with Gasteiger partial charge in [0, 0.05) is 13.0 Å². The zero-order valence-corrected chi connectivity index (χ0v) is 13.8. The van der Waals surface area contributed by atoms with Crippen LogP contribution in [0.4, 0.5) is 0 Å². The summed E-state index contributed by atoms with van der Waals surface area (Å²) in [5, 5.41) is 18.7. The second kappa shape index (κ2) is 10.6. The minimum atomic E-state index is -1.11. The first-order chi connectivity index (χ1) is 10.6. The highest BCUT2D eigenvalue weighted by molar-refractivity contribution is 5.84. The van der Waals surface area contributed by atoms with E-state index in [4.69, 9.17) is 5.11 Å². The summed E-state index contributed by atoms with van der Waals surface area (Å²) in [6, 6.07) is -1.05. The average Bonchev–Trinajstić information content (AvgIpc) is 2.87. The first-order valence-corrected chi connectivity index (χ1v) is 8.78. The second-order valence-corrected chi connectivity index (χ2v) is 6.30. The summed E-state index contributed by atoms with van der Waals surface area (Å²) in [5.74, 6) is -1.24. The maximum Gasteiger partial charge on any atom is 0.329 e. The van der Waals surface area contributed by atoms with Crippen LogP contribution < -0.4 is 0 Å². The molecule has 2 atom stereocenters. The average molecular weight is 313 g/mol. The van der Waals surface area contributed by atoms with Gasteiger partial charge >= 0.3 is 5.97 Å². The molecule has 0 aromatic carbocycles. The monoisotopic (exact) mass is 313 g/mol. The molecule has 0 aromatic heterocycles. The van der Waals surface area contributed by atoms with Crippen molar-refractivity contribution in [1.82, 2.24) is 4.90 Å². The zero-order chi connectivity index (χ0) is 16.4. The molecule has 0 spiro atoms. The van der Waals surface area contributed by atoms with Crippen molar-refractivity contribution in [1.29, 1.82) is 0 Å². The standard InChI is InChI=1S/C17H31NO4/c1-2-3-4-5-6-7-8-9-10-11-15(20)18-13-12-14(19)16(18)17(21)22/h14,16,19H,2-13H2,1H3,(H,21,22)/t14?,16-/m0/s1. The second-order valence-electron chi connectivity index (χ2n) is 6.30. The Hall–Kier alpha value is -1.10. The largest absolute Gasteiger partial charge is 0.480 e. The van der Waals surface area contributed by atoms with E-state index >= 15 is 0 Å². The number of aliphatic hydroxyl groups is 1. The van der Waals surface area contributed by atoms with Crippen LogP contribution >= 0.6 is 0 Å². The molecule has 0 bridgehead atoms. The fourth-order valence-corrected chi connectivity index (χ4v) is 3.08. The van der Waals surface area contributed by atoms with Crippen molar-refractivity contribution >= 4 is 11.9 Å². The van der Waals surface area contributed by atoms with E-state index in [0.29, 0.717) is 19.4 Å². The summed E-state index contributed by atoms with van der Waals surface area (Å²) in [4.78, 5) is 24.5. The van der Waals surface area contributed by atoms with E-state index in [1.807, 2.05) is 0 Å². The molecule has 5 nitrogen and oxygen atoms in total. The van der Waals surface area contributed by atoms with Crippen LogP contribution in [0.25, 0.3) is 0 Å². The molecule has 0 aromatic rings. The lowest BCUT2D eigenvalue weighted by molar-refractivity contribution is -0.151. The molecule has 1 rings (SSSR count). The number of aliphatic hydroxyl groups excluding tert-OH is 1. The molecular weight excluding hydrogens is 282 g/mol. The van der Waals surface area contributed by atoms with Gasteiger partial charge in [0.2, 0.25) is 5.91 Å². The number of hydrogen-bond acceptors (Lipinski definition) is 3. The van der Waals surface area contributed by atoms with Gasteiger partial charge in [-0.3, -0.25) is 4.79 Å². The highest BCUT2D eigenvalue weighted by Crippen LogP contribution is 2.20. The first kappa shape index (κ1) is 18.9. The van der Waals surface area contributed by atoms with Gasteiger partial charge in [0.05, 0.1) is 6.10 Å². The van der Waals surface area contributed by atoms with E-state index in [-0.39, 0.29) is 5.91 Å². The molecule has 1 aliphatic rings. The van der Waals surface area contributed by atoms with Crippen LogP contribution in [0.1, 0.15) is 77.6 Å². The molecular formula is C17H31NO4. The molecule has 1 aliphatic heterocycles. The molecule has 1 saturated heterocycles. The van der Waals surface area contributed by atoms with E-state index in [1.165, 1.54) is 43.4 Å². The predicted molar refractivity (Wildman–Crippen MR) is 85.6 cm³/mol. The molecule has 1 fully saturated rings. The zero-order valence-electron chi connectivity index (χ0n) is 13.8. The van der Waals surface area contributed by atoms with Crippen molar-refractivity contribution < 1.29 is 19.8 Å². The summed E-state index contributed by atoms with van der Waals surface area (Å²) >= 11 is 0. The van der Waals surface area contributed by atoms with Crippen molar-refractivity contribution in [2.45, 2.75) is 89.7 Å². The van der Waals surface area contributed by atoms with E-state index in [2.05, 4.69) is 6.92 Å². The van der Waals surface area contributed by atoms with E-state index in [9.17, 15) is 14.7 Å². The van der Waals surface area contributed by atoms with Gasteiger partial charge in [0.15, 0.2) is 6.04 Å². The van der Waals surface area contributed by atoms with E-state index in [1.54, 1.807) is 0 Å². The van der Waals surface area contributed by atoms with Crippen molar-refractivity contribution in [2.75, 3.05) is 6.54 Å². The van der Waals surface area contributed by atoms with Crippen molar-refractivity contribution in [2.24, 2.45) is 0 Å². The molecule has 2 N–H and O–H groups in total. The lowest BCUT2D eigenvalue weighted by Gasteiger charge is -2.22. The topological polar surface area (TPSA) is 77.8 Å². The number of carbonyl (C=O) groups is 2. The number of carbonyl (C=O) groups excluding carboxylic acids is 1. The van der Waals surface area contributed by atoms with Gasteiger partial charge in [-0.2, -0.15) is 0 Å².